The Bertz CT molecular complexity index is 758. The fraction of sp³-hybridized carbons (Fsp3) is 0.450. The first-order valence-corrected chi connectivity index (χ1v) is 9.34. The van der Waals surface area contributed by atoms with Gasteiger partial charge in [0.05, 0.1) is 6.04 Å². The van der Waals surface area contributed by atoms with E-state index < -0.39 is 0 Å². The van der Waals surface area contributed by atoms with Crippen LogP contribution in [0.3, 0.4) is 0 Å². The molecule has 26 heavy (non-hydrogen) atoms. The maximum atomic E-state index is 13.0. The molecule has 1 amide bonds. The number of hydrogen-bond donors (Lipinski definition) is 0. The predicted octanol–water partition coefficient (Wildman–Crippen LogP) is 1.57. The molecule has 136 valence electrons. The van der Waals surface area contributed by atoms with E-state index in [4.69, 9.17) is 0 Å². The molecule has 0 bridgehead atoms. The topological polar surface area (TPSA) is 52.6 Å². The Kier molecular flexibility index (Phi) is 4.84. The Morgan fingerprint density at radius 1 is 0.962 bits per heavy atom. The molecular weight excluding hydrogens is 326 g/mol. The maximum absolute atomic E-state index is 13.0. The lowest BCUT2D eigenvalue weighted by atomic mass is 9.99. The molecule has 1 atom stereocenters. The zero-order chi connectivity index (χ0) is 17.9. The van der Waals surface area contributed by atoms with Crippen molar-refractivity contribution in [2.24, 2.45) is 0 Å². The van der Waals surface area contributed by atoms with Gasteiger partial charge in [-0.1, -0.05) is 24.3 Å². The minimum absolute atomic E-state index is 0.0842. The van der Waals surface area contributed by atoms with E-state index >= 15 is 0 Å². The number of hydrogen-bond acceptors (Lipinski definition) is 5. The third-order valence-corrected chi connectivity index (χ3v) is 5.50. The van der Waals surface area contributed by atoms with Crippen molar-refractivity contribution in [1.29, 1.82) is 0 Å². The number of benzene rings is 1. The van der Waals surface area contributed by atoms with Crippen LogP contribution in [0.25, 0.3) is 0 Å². The molecule has 0 unspecified atom stereocenters. The van der Waals surface area contributed by atoms with Gasteiger partial charge in [-0.2, -0.15) is 0 Å². The highest BCUT2D eigenvalue weighted by Gasteiger charge is 2.30. The second-order valence-electron chi connectivity index (χ2n) is 7.03. The van der Waals surface area contributed by atoms with Crippen molar-refractivity contribution in [2.75, 3.05) is 37.6 Å². The van der Waals surface area contributed by atoms with Crippen LogP contribution in [0.1, 0.15) is 18.1 Å². The normalized spacial score (nSPS) is 19.1. The molecule has 1 fully saturated rings. The van der Waals surface area contributed by atoms with Gasteiger partial charge < -0.3 is 9.80 Å². The SMILES string of the molecule is C[C@@H](C(=O)N1CCc2ccccc2C1)N1CCN(c2ncccn2)CC1. The van der Waals surface area contributed by atoms with E-state index in [1.165, 1.54) is 11.1 Å². The monoisotopic (exact) mass is 351 g/mol. The lowest BCUT2D eigenvalue weighted by Crippen LogP contribution is -2.55. The number of rotatable bonds is 3. The van der Waals surface area contributed by atoms with Gasteiger partial charge in [0.1, 0.15) is 0 Å². The number of nitrogens with zero attached hydrogens (tertiary/aromatic N) is 5. The smallest absolute Gasteiger partial charge is 0.239 e. The van der Waals surface area contributed by atoms with Gasteiger partial charge in [0.15, 0.2) is 0 Å². The number of piperazine rings is 1. The molecule has 2 aromatic rings. The van der Waals surface area contributed by atoms with Gasteiger partial charge in [-0.3, -0.25) is 9.69 Å². The number of fused-ring (bicyclic) bond motifs is 1. The van der Waals surface area contributed by atoms with Crippen molar-refractivity contribution < 1.29 is 4.79 Å². The minimum Gasteiger partial charge on any atom is -0.338 e. The van der Waals surface area contributed by atoms with Crippen molar-refractivity contribution >= 4 is 11.9 Å². The zero-order valence-corrected chi connectivity index (χ0v) is 15.2. The third-order valence-electron chi connectivity index (χ3n) is 5.50. The standard InChI is InChI=1S/C20H25N5O/c1-16(19(26)25-10-7-17-5-2-3-6-18(17)15-25)23-11-13-24(14-12-23)20-21-8-4-9-22-20/h2-6,8-9,16H,7,10-15H2,1H3/t16-/m0/s1. The first-order chi connectivity index (χ1) is 12.7. The van der Waals surface area contributed by atoms with Crippen LogP contribution in [0.4, 0.5) is 5.95 Å². The molecule has 0 radical (unpaired) electrons. The summed E-state index contributed by atoms with van der Waals surface area (Å²) in [5.41, 5.74) is 2.66. The number of carbonyl (C=O) groups is 1. The van der Waals surface area contributed by atoms with Gasteiger partial charge in [-0.25, -0.2) is 9.97 Å². The van der Waals surface area contributed by atoms with E-state index in [0.29, 0.717) is 0 Å². The molecule has 6 nitrogen and oxygen atoms in total. The highest BCUT2D eigenvalue weighted by molar-refractivity contribution is 5.81. The van der Waals surface area contributed by atoms with Crippen LogP contribution in [0.15, 0.2) is 42.7 Å². The molecule has 0 aliphatic carbocycles. The van der Waals surface area contributed by atoms with E-state index in [-0.39, 0.29) is 11.9 Å². The Morgan fingerprint density at radius 2 is 1.65 bits per heavy atom. The summed E-state index contributed by atoms with van der Waals surface area (Å²) in [6.07, 6.45) is 4.50. The van der Waals surface area contributed by atoms with Gasteiger partial charge in [0.2, 0.25) is 11.9 Å². The summed E-state index contributed by atoms with van der Waals surface area (Å²) in [5.74, 6) is 1.02. The molecule has 1 saturated heterocycles. The first-order valence-electron chi connectivity index (χ1n) is 9.34. The first kappa shape index (κ1) is 17.0. The summed E-state index contributed by atoms with van der Waals surface area (Å²) in [4.78, 5) is 28.1. The summed E-state index contributed by atoms with van der Waals surface area (Å²) in [6, 6.07) is 10.2. The van der Waals surface area contributed by atoms with Gasteiger partial charge in [-0.15, -0.1) is 0 Å². The molecule has 2 aliphatic rings. The molecule has 4 rings (SSSR count). The van der Waals surface area contributed by atoms with Gasteiger partial charge >= 0.3 is 0 Å². The maximum Gasteiger partial charge on any atom is 0.239 e. The van der Waals surface area contributed by atoms with Gasteiger partial charge in [-0.05, 0) is 30.5 Å². The fourth-order valence-corrected chi connectivity index (χ4v) is 3.87. The fourth-order valence-electron chi connectivity index (χ4n) is 3.87. The number of aromatic nitrogens is 2. The lowest BCUT2D eigenvalue weighted by Gasteiger charge is -2.39. The summed E-state index contributed by atoms with van der Waals surface area (Å²) < 4.78 is 0. The van der Waals surface area contributed by atoms with Crippen LogP contribution in [0.2, 0.25) is 0 Å². The van der Waals surface area contributed by atoms with Crippen LogP contribution in [0, 0.1) is 0 Å². The number of amides is 1. The molecule has 0 N–H and O–H groups in total. The van der Waals surface area contributed by atoms with E-state index in [9.17, 15) is 4.79 Å². The molecule has 0 saturated carbocycles. The summed E-state index contributed by atoms with van der Waals surface area (Å²) in [5, 5.41) is 0. The summed E-state index contributed by atoms with van der Waals surface area (Å²) in [6.45, 7) is 7.01. The Hall–Kier alpha value is -2.47. The molecule has 1 aromatic carbocycles. The van der Waals surface area contributed by atoms with Gasteiger partial charge in [0.25, 0.3) is 0 Å². The molecule has 0 spiro atoms. The third kappa shape index (κ3) is 3.42. The van der Waals surface area contributed by atoms with E-state index in [2.05, 4.69) is 44.0 Å². The van der Waals surface area contributed by atoms with Crippen LogP contribution in [-0.2, 0) is 17.8 Å². The Labute approximate surface area is 154 Å². The van der Waals surface area contributed by atoms with Crippen molar-refractivity contribution in [2.45, 2.75) is 25.9 Å². The van der Waals surface area contributed by atoms with Crippen LogP contribution in [0.5, 0.6) is 0 Å². The summed E-state index contributed by atoms with van der Waals surface area (Å²) in [7, 11) is 0. The number of carbonyl (C=O) groups excluding carboxylic acids is 1. The molecular formula is C20H25N5O. The van der Waals surface area contributed by atoms with E-state index in [1.54, 1.807) is 12.4 Å². The second kappa shape index (κ2) is 7.41. The Morgan fingerprint density at radius 3 is 2.38 bits per heavy atom. The molecule has 6 heteroatoms. The average molecular weight is 351 g/mol. The second-order valence-corrected chi connectivity index (χ2v) is 7.03. The largest absolute Gasteiger partial charge is 0.338 e. The minimum atomic E-state index is -0.0842. The molecule has 2 aliphatic heterocycles. The predicted molar refractivity (Wildman–Crippen MR) is 101 cm³/mol. The summed E-state index contributed by atoms with van der Waals surface area (Å²) >= 11 is 0. The Balaban J connectivity index is 1.35. The van der Waals surface area contributed by atoms with E-state index in [1.807, 2.05) is 17.9 Å². The van der Waals surface area contributed by atoms with Crippen LogP contribution < -0.4 is 4.90 Å². The van der Waals surface area contributed by atoms with E-state index in [0.717, 1.165) is 51.6 Å². The van der Waals surface area contributed by atoms with Crippen molar-refractivity contribution in [1.82, 2.24) is 19.8 Å². The number of anilines is 1. The van der Waals surface area contributed by atoms with Crippen molar-refractivity contribution in [3.8, 4) is 0 Å². The van der Waals surface area contributed by atoms with Crippen molar-refractivity contribution in [3.05, 3.63) is 53.9 Å². The average Bonchev–Trinajstić information content (AvgIpc) is 2.73. The molecule has 3 heterocycles. The highest BCUT2D eigenvalue weighted by atomic mass is 16.2. The highest BCUT2D eigenvalue weighted by Crippen LogP contribution is 2.20. The quantitative estimate of drug-likeness (QED) is 0.840. The lowest BCUT2D eigenvalue weighted by molar-refractivity contribution is -0.137. The molecule has 1 aromatic heterocycles. The zero-order valence-electron chi connectivity index (χ0n) is 15.2. The van der Waals surface area contributed by atoms with Crippen LogP contribution >= 0.6 is 0 Å². The van der Waals surface area contributed by atoms with Gasteiger partial charge in [0, 0.05) is 51.7 Å². The van der Waals surface area contributed by atoms with Crippen LogP contribution in [-0.4, -0.2) is 64.4 Å². The van der Waals surface area contributed by atoms with Crippen molar-refractivity contribution in [3.63, 3.8) is 0 Å².